The molecule has 0 saturated carbocycles. The number of aryl methyl sites for hydroxylation is 2. The van der Waals surface area contributed by atoms with Crippen LogP contribution in [0.4, 0.5) is 4.39 Å². The summed E-state index contributed by atoms with van der Waals surface area (Å²) in [6, 6.07) is 14.8. The van der Waals surface area contributed by atoms with Crippen molar-refractivity contribution in [1.29, 1.82) is 0 Å². The Balaban J connectivity index is 1.74. The summed E-state index contributed by atoms with van der Waals surface area (Å²) in [6.07, 6.45) is 0. The molecule has 2 heterocycles. The van der Waals surface area contributed by atoms with Crippen molar-refractivity contribution in [3.05, 3.63) is 86.3 Å². The molecule has 0 N–H and O–H groups in total. The van der Waals surface area contributed by atoms with Crippen LogP contribution in [0.15, 0.2) is 58.5 Å². The predicted molar refractivity (Wildman–Crippen MR) is 121 cm³/mol. The Bertz CT molecular complexity index is 1270. The van der Waals surface area contributed by atoms with Gasteiger partial charge in [-0.25, -0.2) is 9.37 Å². The molecule has 30 heavy (non-hydrogen) atoms. The summed E-state index contributed by atoms with van der Waals surface area (Å²) in [6.45, 7) is 4.42. The number of halogens is 1. The Labute approximate surface area is 182 Å². The number of thiophene rings is 1. The van der Waals surface area contributed by atoms with Crippen molar-refractivity contribution in [1.82, 2.24) is 9.55 Å². The van der Waals surface area contributed by atoms with Gasteiger partial charge in [-0.1, -0.05) is 48.2 Å². The number of benzene rings is 2. The number of aromatic nitrogens is 2. The zero-order chi connectivity index (χ0) is 21.3. The maximum Gasteiger partial charge on any atom is 0.263 e. The van der Waals surface area contributed by atoms with Crippen LogP contribution in [0.1, 0.15) is 21.6 Å². The molecule has 7 heteroatoms. The Morgan fingerprint density at radius 1 is 1.13 bits per heavy atom. The second kappa shape index (κ2) is 8.62. The molecule has 0 spiro atoms. The second-order valence-corrected chi connectivity index (χ2v) is 9.14. The molecule has 0 amide bonds. The normalized spacial score (nSPS) is 11.2. The van der Waals surface area contributed by atoms with Crippen molar-refractivity contribution in [3.8, 4) is 5.75 Å². The zero-order valence-corrected chi connectivity index (χ0v) is 18.6. The van der Waals surface area contributed by atoms with Gasteiger partial charge in [0, 0.05) is 10.6 Å². The van der Waals surface area contributed by atoms with Crippen molar-refractivity contribution in [2.24, 2.45) is 0 Å². The maximum atomic E-state index is 14.1. The lowest BCUT2D eigenvalue weighted by Gasteiger charge is -2.13. The van der Waals surface area contributed by atoms with Gasteiger partial charge < -0.3 is 4.74 Å². The molecule has 0 aliphatic heterocycles. The summed E-state index contributed by atoms with van der Waals surface area (Å²) in [5, 5.41) is 1.32. The fraction of sp³-hybridized carbons (Fsp3) is 0.217. The third-order valence-electron chi connectivity index (χ3n) is 5.02. The van der Waals surface area contributed by atoms with E-state index in [1.165, 1.54) is 36.3 Å². The standard InChI is InChI=1S/C23H21FN2O2S2/c1-14-15(2)30-21-20(14)22(27)26(12-16-7-5-4-6-8-16)23(25-21)29-13-17-9-10-19(28-3)18(24)11-17/h4-11H,12-13H2,1-3H3. The molecule has 0 radical (unpaired) electrons. The molecule has 2 aromatic heterocycles. The number of methoxy groups -OCH3 is 1. The molecule has 0 saturated heterocycles. The highest BCUT2D eigenvalue weighted by Crippen LogP contribution is 2.30. The number of hydrogen-bond donors (Lipinski definition) is 0. The SMILES string of the molecule is COc1ccc(CSc2nc3sc(C)c(C)c3c(=O)n2Cc2ccccc2)cc1F. The third kappa shape index (κ3) is 4.00. The van der Waals surface area contributed by atoms with Crippen LogP contribution in [0.3, 0.4) is 0 Å². The van der Waals surface area contributed by atoms with Gasteiger partial charge in [0.2, 0.25) is 0 Å². The topological polar surface area (TPSA) is 44.1 Å². The highest BCUT2D eigenvalue weighted by molar-refractivity contribution is 7.98. The van der Waals surface area contributed by atoms with Gasteiger partial charge in [0.25, 0.3) is 5.56 Å². The Morgan fingerprint density at radius 2 is 1.90 bits per heavy atom. The minimum atomic E-state index is -0.398. The number of hydrogen-bond acceptors (Lipinski definition) is 5. The lowest BCUT2D eigenvalue weighted by atomic mass is 10.2. The second-order valence-electron chi connectivity index (χ2n) is 6.99. The molecule has 4 aromatic rings. The number of fused-ring (bicyclic) bond motifs is 1. The summed E-state index contributed by atoms with van der Waals surface area (Å²) >= 11 is 2.97. The van der Waals surface area contributed by atoms with Crippen LogP contribution in [0, 0.1) is 19.7 Å². The largest absolute Gasteiger partial charge is 0.494 e. The van der Waals surface area contributed by atoms with Gasteiger partial charge >= 0.3 is 0 Å². The number of thioether (sulfide) groups is 1. The summed E-state index contributed by atoms with van der Waals surface area (Å²) in [5.41, 5.74) is 2.79. The highest BCUT2D eigenvalue weighted by atomic mass is 32.2. The van der Waals surface area contributed by atoms with E-state index in [4.69, 9.17) is 9.72 Å². The Morgan fingerprint density at radius 3 is 2.60 bits per heavy atom. The van der Waals surface area contributed by atoms with Gasteiger partial charge in [0.1, 0.15) is 4.83 Å². The highest BCUT2D eigenvalue weighted by Gasteiger charge is 2.17. The van der Waals surface area contributed by atoms with E-state index in [0.29, 0.717) is 22.8 Å². The summed E-state index contributed by atoms with van der Waals surface area (Å²) in [7, 11) is 1.44. The molecule has 4 nitrogen and oxygen atoms in total. The van der Waals surface area contributed by atoms with E-state index in [9.17, 15) is 9.18 Å². The average molecular weight is 441 g/mol. The van der Waals surface area contributed by atoms with Crippen LogP contribution in [0.2, 0.25) is 0 Å². The van der Waals surface area contributed by atoms with Gasteiger partial charge in [-0.15, -0.1) is 11.3 Å². The number of ether oxygens (including phenoxy) is 1. The molecule has 0 aliphatic rings. The fourth-order valence-electron chi connectivity index (χ4n) is 3.27. The zero-order valence-electron chi connectivity index (χ0n) is 16.9. The molecule has 0 bridgehead atoms. The number of nitrogens with zero attached hydrogens (tertiary/aromatic N) is 2. The Hall–Kier alpha value is -2.64. The van der Waals surface area contributed by atoms with Gasteiger partial charge in [-0.3, -0.25) is 9.36 Å². The molecule has 0 atom stereocenters. The van der Waals surface area contributed by atoms with Crippen molar-refractivity contribution in [3.63, 3.8) is 0 Å². The van der Waals surface area contributed by atoms with E-state index in [1.54, 1.807) is 10.6 Å². The molecule has 0 unspecified atom stereocenters. The van der Waals surface area contributed by atoms with E-state index in [1.807, 2.05) is 50.2 Å². The first-order valence-electron chi connectivity index (χ1n) is 9.47. The van der Waals surface area contributed by atoms with Gasteiger partial charge in [0.15, 0.2) is 16.7 Å². The van der Waals surface area contributed by atoms with Crippen molar-refractivity contribution >= 4 is 33.3 Å². The third-order valence-corrected chi connectivity index (χ3v) is 7.17. The average Bonchev–Trinajstić information content (AvgIpc) is 3.03. The van der Waals surface area contributed by atoms with Gasteiger partial charge in [0.05, 0.1) is 19.0 Å². The summed E-state index contributed by atoms with van der Waals surface area (Å²) in [5.74, 6) is 0.316. The van der Waals surface area contributed by atoms with Crippen LogP contribution in [0.5, 0.6) is 5.75 Å². The van der Waals surface area contributed by atoms with Crippen LogP contribution < -0.4 is 10.3 Å². The molecular formula is C23H21FN2O2S2. The van der Waals surface area contributed by atoms with E-state index in [0.717, 1.165) is 26.4 Å². The lowest BCUT2D eigenvalue weighted by Crippen LogP contribution is -2.24. The first-order valence-corrected chi connectivity index (χ1v) is 11.3. The van der Waals surface area contributed by atoms with Crippen molar-refractivity contribution in [2.75, 3.05) is 7.11 Å². The number of rotatable bonds is 6. The van der Waals surface area contributed by atoms with Gasteiger partial charge in [-0.2, -0.15) is 0 Å². The minimum absolute atomic E-state index is 0.0332. The van der Waals surface area contributed by atoms with E-state index in [-0.39, 0.29) is 11.3 Å². The first-order chi connectivity index (χ1) is 14.5. The van der Waals surface area contributed by atoms with E-state index in [2.05, 4.69) is 0 Å². The molecule has 0 aliphatic carbocycles. The van der Waals surface area contributed by atoms with Crippen molar-refractivity contribution < 1.29 is 9.13 Å². The first kappa shape index (κ1) is 20.6. The quantitative estimate of drug-likeness (QED) is 0.291. The molecule has 4 rings (SSSR count). The van der Waals surface area contributed by atoms with Crippen LogP contribution in [-0.2, 0) is 12.3 Å². The Kier molecular flexibility index (Phi) is 5.92. The molecule has 154 valence electrons. The van der Waals surface area contributed by atoms with Crippen molar-refractivity contribution in [2.45, 2.75) is 31.3 Å². The van der Waals surface area contributed by atoms with E-state index >= 15 is 0 Å². The molecule has 0 fully saturated rings. The molecular weight excluding hydrogens is 419 g/mol. The summed E-state index contributed by atoms with van der Waals surface area (Å²) < 4.78 is 20.8. The van der Waals surface area contributed by atoms with Crippen LogP contribution in [0.25, 0.3) is 10.2 Å². The smallest absolute Gasteiger partial charge is 0.263 e. The summed E-state index contributed by atoms with van der Waals surface area (Å²) in [4.78, 5) is 20.0. The monoisotopic (exact) mass is 440 g/mol. The lowest BCUT2D eigenvalue weighted by molar-refractivity contribution is 0.386. The van der Waals surface area contributed by atoms with Crippen LogP contribution in [-0.4, -0.2) is 16.7 Å². The predicted octanol–water partition coefficient (Wildman–Crippen LogP) is 5.56. The van der Waals surface area contributed by atoms with Gasteiger partial charge in [-0.05, 0) is 42.7 Å². The maximum absolute atomic E-state index is 14.1. The fourth-order valence-corrected chi connectivity index (χ4v) is 5.28. The minimum Gasteiger partial charge on any atom is -0.494 e. The molecule has 2 aromatic carbocycles. The van der Waals surface area contributed by atoms with E-state index < -0.39 is 5.82 Å². The van der Waals surface area contributed by atoms with Crippen LogP contribution >= 0.6 is 23.1 Å².